The SMILES string of the molecule is COC(=O)C(=O)[C@H]1CCCC1=O. The minimum absolute atomic E-state index is 0.134. The molecule has 0 heterocycles. The molecule has 1 atom stereocenters. The first kappa shape index (κ1) is 8.90. The van der Waals surface area contributed by atoms with Gasteiger partial charge in [0.05, 0.1) is 13.0 Å². The smallest absolute Gasteiger partial charge is 0.375 e. The monoisotopic (exact) mass is 170 g/mol. The van der Waals surface area contributed by atoms with Crippen molar-refractivity contribution in [2.24, 2.45) is 5.92 Å². The van der Waals surface area contributed by atoms with Crippen molar-refractivity contribution in [3.8, 4) is 0 Å². The lowest BCUT2D eigenvalue weighted by Crippen LogP contribution is -2.27. The number of Topliss-reactive ketones (excluding diaryl/α,β-unsaturated/α-hetero) is 2. The number of ketones is 2. The van der Waals surface area contributed by atoms with E-state index in [1.807, 2.05) is 0 Å². The minimum Gasteiger partial charge on any atom is -0.463 e. The van der Waals surface area contributed by atoms with Crippen LogP contribution in [0.4, 0.5) is 0 Å². The van der Waals surface area contributed by atoms with E-state index in [2.05, 4.69) is 4.74 Å². The van der Waals surface area contributed by atoms with Gasteiger partial charge in [-0.3, -0.25) is 9.59 Å². The van der Waals surface area contributed by atoms with Crippen LogP contribution in [-0.4, -0.2) is 24.6 Å². The second-order valence-corrected chi connectivity index (χ2v) is 2.77. The number of carbonyl (C=O) groups excluding carboxylic acids is 3. The van der Waals surface area contributed by atoms with Crippen molar-refractivity contribution in [3.05, 3.63) is 0 Å². The van der Waals surface area contributed by atoms with Crippen LogP contribution in [0.5, 0.6) is 0 Å². The molecular formula is C8H10O4. The van der Waals surface area contributed by atoms with Crippen LogP contribution >= 0.6 is 0 Å². The highest BCUT2D eigenvalue weighted by atomic mass is 16.5. The maximum Gasteiger partial charge on any atom is 0.375 e. The van der Waals surface area contributed by atoms with Crippen molar-refractivity contribution in [2.45, 2.75) is 19.3 Å². The molecule has 1 rings (SSSR count). The van der Waals surface area contributed by atoms with Gasteiger partial charge >= 0.3 is 5.97 Å². The first-order valence-electron chi connectivity index (χ1n) is 3.81. The molecule has 0 aliphatic heterocycles. The molecule has 1 aliphatic carbocycles. The summed E-state index contributed by atoms with van der Waals surface area (Å²) in [4.78, 5) is 32.8. The fourth-order valence-corrected chi connectivity index (χ4v) is 1.34. The highest BCUT2D eigenvalue weighted by molar-refractivity contribution is 6.38. The summed E-state index contributed by atoms with van der Waals surface area (Å²) in [7, 11) is 1.14. The summed E-state index contributed by atoms with van der Waals surface area (Å²) in [6, 6.07) is 0. The molecule has 66 valence electrons. The van der Waals surface area contributed by atoms with Crippen LogP contribution in [0, 0.1) is 5.92 Å². The van der Waals surface area contributed by atoms with Gasteiger partial charge in [0, 0.05) is 6.42 Å². The van der Waals surface area contributed by atoms with Crippen LogP contribution in [0.2, 0.25) is 0 Å². The molecule has 1 aliphatic rings. The Bertz CT molecular complexity index is 231. The lowest BCUT2D eigenvalue weighted by atomic mass is 10.0. The molecule has 0 spiro atoms. The average Bonchev–Trinajstić information content (AvgIpc) is 2.48. The Balaban J connectivity index is 2.63. The summed E-state index contributed by atoms with van der Waals surface area (Å²) in [5.41, 5.74) is 0. The molecule has 0 aromatic heterocycles. The van der Waals surface area contributed by atoms with Gasteiger partial charge in [-0.25, -0.2) is 4.79 Å². The van der Waals surface area contributed by atoms with Crippen LogP contribution in [0.25, 0.3) is 0 Å². The van der Waals surface area contributed by atoms with Crippen LogP contribution in [0.15, 0.2) is 0 Å². The molecule has 4 nitrogen and oxygen atoms in total. The highest BCUT2D eigenvalue weighted by Crippen LogP contribution is 2.22. The number of methoxy groups -OCH3 is 1. The maximum absolute atomic E-state index is 11.1. The van der Waals surface area contributed by atoms with Crippen molar-refractivity contribution in [1.29, 1.82) is 0 Å². The first-order chi connectivity index (χ1) is 5.66. The van der Waals surface area contributed by atoms with E-state index >= 15 is 0 Å². The van der Waals surface area contributed by atoms with Crippen LogP contribution < -0.4 is 0 Å². The normalized spacial score (nSPS) is 22.4. The van der Waals surface area contributed by atoms with Gasteiger partial charge in [0.1, 0.15) is 5.78 Å². The zero-order chi connectivity index (χ0) is 9.14. The molecule has 0 amide bonds. The Morgan fingerprint density at radius 1 is 1.50 bits per heavy atom. The molecule has 0 unspecified atom stereocenters. The Hall–Kier alpha value is -1.19. The predicted octanol–water partition coefficient (Wildman–Crippen LogP) is 0.0977. The van der Waals surface area contributed by atoms with Crippen molar-refractivity contribution >= 4 is 17.5 Å². The number of hydrogen-bond donors (Lipinski definition) is 0. The van der Waals surface area contributed by atoms with E-state index in [0.717, 1.165) is 7.11 Å². The van der Waals surface area contributed by atoms with Gasteiger partial charge in [-0.15, -0.1) is 0 Å². The van der Waals surface area contributed by atoms with E-state index in [4.69, 9.17) is 0 Å². The molecule has 0 bridgehead atoms. The zero-order valence-electron chi connectivity index (χ0n) is 6.83. The second-order valence-electron chi connectivity index (χ2n) is 2.77. The van der Waals surface area contributed by atoms with Gasteiger partial charge in [-0.1, -0.05) is 0 Å². The van der Waals surface area contributed by atoms with Gasteiger partial charge in [0.25, 0.3) is 0 Å². The van der Waals surface area contributed by atoms with Gasteiger partial charge in [0.2, 0.25) is 5.78 Å². The van der Waals surface area contributed by atoms with E-state index in [0.29, 0.717) is 19.3 Å². The van der Waals surface area contributed by atoms with Crippen molar-refractivity contribution < 1.29 is 19.1 Å². The van der Waals surface area contributed by atoms with E-state index in [1.54, 1.807) is 0 Å². The Morgan fingerprint density at radius 3 is 2.58 bits per heavy atom. The Labute approximate surface area is 69.9 Å². The topological polar surface area (TPSA) is 60.4 Å². The molecule has 12 heavy (non-hydrogen) atoms. The predicted molar refractivity (Wildman–Crippen MR) is 39.4 cm³/mol. The third kappa shape index (κ3) is 1.52. The summed E-state index contributed by atoms with van der Waals surface area (Å²) >= 11 is 0. The van der Waals surface area contributed by atoms with Gasteiger partial charge in [0.15, 0.2) is 0 Å². The molecule has 1 fully saturated rings. The number of carbonyl (C=O) groups is 3. The molecule has 0 N–H and O–H groups in total. The van der Waals surface area contributed by atoms with E-state index in [-0.39, 0.29) is 5.78 Å². The van der Waals surface area contributed by atoms with Crippen LogP contribution in [-0.2, 0) is 19.1 Å². The van der Waals surface area contributed by atoms with Gasteiger partial charge in [-0.05, 0) is 12.8 Å². The Kier molecular flexibility index (Phi) is 2.58. The Morgan fingerprint density at radius 2 is 2.17 bits per heavy atom. The van der Waals surface area contributed by atoms with Gasteiger partial charge in [-0.2, -0.15) is 0 Å². The molecule has 0 radical (unpaired) electrons. The molecule has 0 aromatic rings. The van der Waals surface area contributed by atoms with Crippen LogP contribution in [0.3, 0.4) is 0 Å². The number of esters is 1. The van der Waals surface area contributed by atoms with Crippen molar-refractivity contribution in [2.75, 3.05) is 7.11 Å². The minimum atomic E-state index is -0.907. The molecule has 1 saturated carbocycles. The number of hydrogen-bond acceptors (Lipinski definition) is 4. The second kappa shape index (κ2) is 3.47. The summed E-state index contributed by atoms with van der Waals surface area (Å²) in [6.45, 7) is 0. The standard InChI is InChI=1S/C8H10O4/c1-12-8(11)7(10)5-3-2-4-6(5)9/h5H,2-4H2,1H3/t5-/m0/s1. The third-order valence-electron chi connectivity index (χ3n) is 2.01. The van der Waals surface area contributed by atoms with Crippen molar-refractivity contribution in [1.82, 2.24) is 0 Å². The summed E-state index contributed by atoms with van der Waals surface area (Å²) in [6.07, 6.45) is 1.60. The molecule has 0 saturated heterocycles. The van der Waals surface area contributed by atoms with Crippen LogP contribution in [0.1, 0.15) is 19.3 Å². The number of ether oxygens (including phenoxy) is 1. The quantitative estimate of drug-likeness (QED) is 0.335. The maximum atomic E-state index is 11.1. The van der Waals surface area contributed by atoms with Crippen molar-refractivity contribution in [3.63, 3.8) is 0 Å². The molecular weight excluding hydrogens is 160 g/mol. The third-order valence-corrected chi connectivity index (χ3v) is 2.01. The lowest BCUT2D eigenvalue weighted by molar-refractivity contribution is -0.154. The lowest BCUT2D eigenvalue weighted by Gasteiger charge is -2.03. The summed E-state index contributed by atoms with van der Waals surface area (Å²) in [5, 5.41) is 0. The highest BCUT2D eigenvalue weighted by Gasteiger charge is 2.35. The molecule has 0 aromatic carbocycles. The number of rotatable bonds is 2. The fourth-order valence-electron chi connectivity index (χ4n) is 1.34. The van der Waals surface area contributed by atoms with Gasteiger partial charge < -0.3 is 4.74 Å². The zero-order valence-corrected chi connectivity index (χ0v) is 6.83. The fraction of sp³-hybridized carbons (Fsp3) is 0.625. The van der Waals surface area contributed by atoms with E-state index < -0.39 is 17.7 Å². The van der Waals surface area contributed by atoms with E-state index in [9.17, 15) is 14.4 Å². The average molecular weight is 170 g/mol. The summed E-state index contributed by atoms with van der Waals surface area (Å²) in [5.74, 6) is -2.46. The largest absolute Gasteiger partial charge is 0.463 e. The first-order valence-corrected chi connectivity index (χ1v) is 3.81. The molecule has 4 heteroatoms. The van der Waals surface area contributed by atoms with E-state index in [1.165, 1.54) is 0 Å². The summed E-state index contributed by atoms with van der Waals surface area (Å²) < 4.78 is 4.23.